The normalized spacial score (nSPS) is 12.0. The zero-order valence-electron chi connectivity index (χ0n) is 17.2. The first-order chi connectivity index (χ1) is 14.8. The highest BCUT2D eigenvalue weighted by atomic mass is 35.5. The quantitative estimate of drug-likeness (QED) is 0.157. The Morgan fingerprint density at radius 1 is 1.19 bits per heavy atom. The van der Waals surface area contributed by atoms with Crippen molar-refractivity contribution in [3.05, 3.63) is 40.7 Å². The van der Waals surface area contributed by atoms with E-state index in [1.165, 1.54) is 0 Å². The van der Waals surface area contributed by atoms with E-state index in [0.717, 1.165) is 24.8 Å². The summed E-state index contributed by atoms with van der Waals surface area (Å²) in [6.07, 6.45) is 1.55. The molecule has 1 unspecified atom stereocenters. The predicted molar refractivity (Wildman–Crippen MR) is 125 cm³/mol. The number of anilines is 2. The largest absolute Gasteiger partial charge is 0.491 e. The summed E-state index contributed by atoms with van der Waals surface area (Å²) in [5.74, 6) is -0.349. The van der Waals surface area contributed by atoms with Gasteiger partial charge in [-0.1, -0.05) is 23.7 Å². The second kappa shape index (κ2) is 13.5. The fourth-order valence-electron chi connectivity index (χ4n) is 2.46. The maximum atomic E-state index is 12.2. The van der Waals surface area contributed by atoms with E-state index in [4.69, 9.17) is 38.6 Å². The molecule has 0 saturated heterocycles. The van der Waals surface area contributed by atoms with Gasteiger partial charge < -0.3 is 32.2 Å². The van der Waals surface area contributed by atoms with Crippen LogP contribution in [0.4, 0.5) is 11.6 Å². The van der Waals surface area contributed by atoms with Crippen molar-refractivity contribution in [1.82, 2.24) is 15.3 Å². The third-order valence-corrected chi connectivity index (χ3v) is 4.37. The summed E-state index contributed by atoms with van der Waals surface area (Å²) >= 11 is 5.76. The molecule has 1 heterocycles. The van der Waals surface area contributed by atoms with Gasteiger partial charge in [0.2, 0.25) is 0 Å². The first-order valence-electron chi connectivity index (χ1n) is 9.50. The van der Waals surface area contributed by atoms with Crippen molar-refractivity contribution in [2.75, 3.05) is 31.2 Å². The molecule has 32 heavy (non-hydrogen) atoms. The van der Waals surface area contributed by atoms with Crippen molar-refractivity contribution in [3.8, 4) is 5.75 Å². The van der Waals surface area contributed by atoms with Crippen LogP contribution in [0.3, 0.4) is 0 Å². The fourth-order valence-corrected chi connectivity index (χ4v) is 2.59. The molecular formula is C19H27Cl2N7O4. The Balaban J connectivity index is 0.00000512. The van der Waals surface area contributed by atoms with Gasteiger partial charge in [0.1, 0.15) is 18.5 Å². The van der Waals surface area contributed by atoms with Crippen LogP contribution in [0.2, 0.25) is 5.15 Å². The van der Waals surface area contributed by atoms with Crippen molar-refractivity contribution in [2.45, 2.75) is 25.4 Å². The third kappa shape index (κ3) is 8.71. The summed E-state index contributed by atoms with van der Waals surface area (Å²) in [6.45, 7) is 0.124. The molecule has 0 bridgehead atoms. The lowest BCUT2D eigenvalue weighted by Gasteiger charge is -2.10. The molecule has 0 aliphatic carbocycles. The van der Waals surface area contributed by atoms with E-state index in [1.54, 1.807) is 0 Å². The Kier molecular flexibility index (Phi) is 11.5. The topological polar surface area (TPSA) is 195 Å². The van der Waals surface area contributed by atoms with Crippen LogP contribution in [0.25, 0.3) is 0 Å². The summed E-state index contributed by atoms with van der Waals surface area (Å²) in [5.41, 5.74) is 17.8. The second-order valence-electron chi connectivity index (χ2n) is 6.60. The molecule has 1 aromatic carbocycles. The SMILES string of the molecule is Cl.NC(=NCCCCc1ccc(OCC(O)CO)cc1)NC(=O)c1nc(Cl)c(N)nc1N. The highest BCUT2D eigenvalue weighted by molar-refractivity contribution is 6.31. The number of amides is 1. The smallest absolute Gasteiger partial charge is 0.280 e. The number of hydrogen-bond acceptors (Lipinski definition) is 9. The standard InChI is InChI=1S/C19H26ClN7O4.ClH/c20-15-17(22)26-16(21)14(25-15)18(30)27-19(23)24-8-2-1-3-11-4-6-13(7-5-11)31-10-12(29)9-28;/h4-7,12,28-29H,1-3,8-10H2,(H4,21,22,26)(H3,23,24,27,30);1H. The molecular weight excluding hydrogens is 461 g/mol. The highest BCUT2D eigenvalue weighted by Crippen LogP contribution is 2.17. The van der Waals surface area contributed by atoms with Gasteiger partial charge in [0.15, 0.2) is 28.4 Å². The van der Waals surface area contributed by atoms with Crippen LogP contribution < -0.4 is 27.3 Å². The maximum absolute atomic E-state index is 12.2. The van der Waals surface area contributed by atoms with Crippen LogP contribution in [-0.2, 0) is 6.42 Å². The Morgan fingerprint density at radius 2 is 1.88 bits per heavy atom. The number of carbonyl (C=O) groups is 1. The molecule has 0 aliphatic rings. The first-order valence-corrected chi connectivity index (χ1v) is 9.88. The molecule has 0 radical (unpaired) electrons. The number of aliphatic imine (C=N–C) groups is 1. The van der Waals surface area contributed by atoms with Gasteiger partial charge in [-0.3, -0.25) is 15.1 Å². The van der Waals surface area contributed by atoms with E-state index >= 15 is 0 Å². The van der Waals surface area contributed by atoms with Gasteiger partial charge >= 0.3 is 0 Å². The van der Waals surface area contributed by atoms with Crippen molar-refractivity contribution >= 4 is 47.5 Å². The van der Waals surface area contributed by atoms with E-state index < -0.39 is 12.0 Å². The molecule has 2 rings (SSSR count). The number of unbranched alkanes of at least 4 members (excludes halogenated alkanes) is 1. The Bertz CT molecular complexity index is 913. The van der Waals surface area contributed by atoms with Crippen molar-refractivity contribution in [1.29, 1.82) is 0 Å². The van der Waals surface area contributed by atoms with Crippen LogP contribution in [0, 0.1) is 0 Å². The van der Waals surface area contributed by atoms with E-state index in [2.05, 4.69) is 20.3 Å². The van der Waals surface area contributed by atoms with Gasteiger partial charge in [-0.15, -0.1) is 12.4 Å². The molecule has 0 spiro atoms. The lowest BCUT2D eigenvalue weighted by Crippen LogP contribution is -2.38. The summed E-state index contributed by atoms with van der Waals surface area (Å²) in [5, 5.41) is 20.3. The molecule has 11 nitrogen and oxygen atoms in total. The lowest BCUT2D eigenvalue weighted by molar-refractivity contribution is 0.0536. The first kappa shape index (κ1) is 27.2. The number of aliphatic hydroxyl groups excluding tert-OH is 2. The Hall–Kier alpha value is -2.86. The number of halogens is 2. The highest BCUT2D eigenvalue weighted by Gasteiger charge is 2.16. The molecule has 176 valence electrons. The van der Waals surface area contributed by atoms with Crippen LogP contribution in [-0.4, -0.2) is 57.9 Å². The number of aliphatic hydroxyl groups is 2. The minimum absolute atomic E-state index is 0. The van der Waals surface area contributed by atoms with Crippen LogP contribution >= 0.6 is 24.0 Å². The summed E-state index contributed by atoms with van der Waals surface area (Å²) in [7, 11) is 0. The van der Waals surface area contributed by atoms with Crippen LogP contribution in [0.1, 0.15) is 28.9 Å². The van der Waals surface area contributed by atoms with Crippen molar-refractivity contribution in [3.63, 3.8) is 0 Å². The molecule has 13 heteroatoms. The molecule has 1 amide bonds. The monoisotopic (exact) mass is 487 g/mol. The van der Waals surface area contributed by atoms with Gasteiger partial charge in [0.25, 0.3) is 5.91 Å². The van der Waals surface area contributed by atoms with Crippen molar-refractivity contribution < 1.29 is 19.7 Å². The number of guanidine groups is 1. The van der Waals surface area contributed by atoms with Gasteiger partial charge in [0, 0.05) is 6.54 Å². The van der Waals surface area contributed by atoms with Gasteiger partial charge in [-0.2, -0.15) is 0 Å². The number of carbonyl (C=O) groups excluding carboxylic acids is 1. The molecule has 0 aliphatic heterocycles. The Morgan fingerprint density at radius 3 is 2.53 bits per heavy atom. The summed E-state index contributed by atoms with van der Waals surface area (Å²) in [6, 6.07) is 7.48. The van der Waals surface area contributed by atoms with Gasteiger partial charge in [0.05, 0.1) is 6.61 Å². The minimum Gasteiger partial charge on any atom is -0.491 e. The van der Waals surface area contributed by atoms with E-state index in [9.17, 15) is 9.90 Å². The molecule has 2 aromatic rings. The fraction of sp³-hybridized carbons (Fsp3) is 0.368. The molecule has 1 atom stereocenters. The average molecular weight is 488 g/mol. The number of rotatable bonds is 10. The number of nitrogens with two attached hydrogens (primary N) is 3. The van der Waals surface area contributed by atoms with E-state index in [1.807, 2.05) is 24.3 Å². The molecule has 0 saturated carbocycles. The van der Waals surface area contributed by atoms with Gasteiger partial charge in [-0.05, 0) is 37.0 Å². The number of aromatic nitrogens is 2. The number of nitrogens with one attached hydrogen (secondary N) is 1. The molecule has 9 N–H and O–H groups in total. The number of nitrogens with zero attached hydrogens (tertiary/aromatic N) is 3. The molecule has 0 fully saturated rings. The third-order valence-electron chi connectivity index (χ3n) is 4.09. The molecule has 1 aromatic heterocycles. The van der Waals surface area contributed by atoms with Crippen molar-refractivity contribution in [2.24, 2.45) is 10.7 Å². The van der Waals surface area contributed by atoms with Crippen LogP contribution in [0.5, 0.6) is 5.75 Å². The van der Waals surface area contributed by atoms with E-state index in [0.29, 0.717) is 12.3 Å². The predicted octanol–water partition coefficient (Wildman–Crippen LogP) is 0.516. The van der Waals surface area contributed by atoms with E-state index in [-0.39, 0.29) is 54.1 Å². The number of hydrogen-bond donors (Lipinski definition) is 6. The number of ether oxygens (including phenoxy) is 1. The number of benzene rings is 1. The second-order valence-corrected chi connectivity index (χ2v) is 6.96. The Labute approximate surface area is 196 Å². The summed E-state index contributed by atoms with van der Waals surface area (Å²) < 4.78 is 5.36. The number of aryl methyl sites for hydroxylation is 1. The minimum atomic E-state index is -0.896. The van der Waals surface area contributed by atoms with Crippen LogP contribution in [0.15, 0.2) is 29.3 Å². The van der Waals surface area contributed by atoms with Gasteiger partial charge in [-0.25, -0.2) is 9.97 Å². The number of nitrogen functional groups attached to an aromatic ring is 2. The summed E-state index contributed by atoms with van der Waals surface area (Å²) in [4.78, 5) is 23.8. The zero-order chi connectivity index (χ0) is 22.8. The average Bonchev–Trinajstić information content (AvgIpc) is 2.75. The lowest BCUT2D eigenvalue weighted by atomic mass is 10.1. The zero-order valence-corrected chi connectivity index (χ0v) is 18.8. The maximum Gasteiger partial charge on any atom is 0.280 e.